The van der Waals surface area contributed by atoms with Crippen LogP contribution < -0.4 is 22.6 Å². The fourth-order valence-electron chi connectivity index (χ4n) is 3.42. The van der Waals surface area contributed by atoms with Crippen molar-refractivity contribution in [2.24, 2.45) is 0 Å². The Bertz CT molecular complexity index is 1050. The van der Waals surface area contributed by atoms with Gasteiger partial charge in [-0.1, -0.05) is 0 Å². The first-order chi connectivity index (χ1) is 13.0. The number of fused-ring (bicyclic) bond motifs is 3. The van der Waals surface area contributed by atoms with Crippen LogP contribution in [-0.2, 0) is 4.52 Å². The van der Waals surface area contributed by atoms with E-state index in [0.717, 1.165) is 0 Å². The normalized spacial score (nSPS) is 23.2. The number of benzene rings is 3. The molecule has 0 atom stereocenters. The van der Waals surface area contributed by atoms with Crippen LogP contribution in [0.15, 0.2) is 72.8 Å². The fraction of sp³-hybridized carbons (Fsp3) is 0. The second kappa shape index (κ2) is 4.10. The van der Waals surface area contributed by atoms with Crippen LogP contribution in [0.4, 0.5) is 0 Å². The van der Waals surface area contributed by atoms with E-state index in [2.05, 4.69) is 0 Å². The van der Waals surface area contributed by atoms with Gasteiger partial charge in [-0.3, -0.25) is 0 Å². The predicted molar refractivity (Wildman–Crippen MR) is 94.8 cm³/mol. The number of hydrogen-bond donors (Lipinski definition) is 0. The van der Waals surface area contributed by atoms with Crippen molar-refractivity contribution in [3.8, 4) is 28.7 Å². The molecule has 0 unspecified atom stereocenters. The Morgan fingerprint density at radius 1 is 0.481 bits per heavy atom. The summed E-state index contributed by atoms with van der Waals surface area (Å²) >= 11 is 0. The molecule has 3 aromatic carbocycles. The molecule has 3 aliphatic heterocycles. The second-order valence-electron chi connectivity index (χ2n) is 6.34. The van der Waals surface area contributed by atoms with Gasteiger partial charge in [-0.25, -0.2) is 0 Å². The van der Waals surface area contributed by atoms with Gasteiger partial charge in [-0.05, 0) is 0 Å². The molecule has 0 bridgehead atoms. The van der Waals surface area contributed by atoms with E-state index in [4.69, 9.17) is 27.1 Å². The molecule has 136 valence electrons. The third kappa shape index (κ3) is 1.67. The molecule has 6 rings (SSSR count). The first-order valence-corrected chi connectivity index (χ1v) is 10.4. The zero-order chi connectivity index (χ0) is 18.2. The Kier molecular flexibility index (Phi) is 2.23. The molecule has 3 aliphatic rings. The third-order valence-electron chi connectivity index (χ3n) is 4.50. The van der Waals surface area contributed by atoms with Crippen LogP contribution in [0.1, 0.15) is 10.4 Å². The molecule has 0 saturated carbocycles. The molecular weight excluding hydrogens is 371 g/mol. The van der Waals surface area contributed by atoms with E-state index in [0.29, 0.717) is 0 Å². The molecule has 0 aliphatic carbocycles. The van der Waals surface area contributed by atoms with Gasteiger partial charge in [0.25, 0.3) is 0 Å². The van der Waals surface area contributed by atoms with Crippen molar-refractivity contribution in [3.63, 3.8) is 0 Å². The summed E-state index contributed by atoms with van der Waals surface area (Å²) < 4.78 is 36.2. The SMILES string of the molecule is O=C1O[P-]23(Oc4ccccc4O2)(Oc2ccccc2O3)Oc2ccccc21. The van der Waals surface area contributed by atoms with Gasteiger partial charge in [0.1, 0.15) is 0 Å². The van der Waals surface area contributed by atoms with Crippen molar-refractivity contribution in [1.82, 2.24) is 0 Å². The zero-order valence-electron chi connectivity index (χ0n) is 13.7. The van der Waals surface area contributed by atoms with Gasteiger partial charge in [-0.2, -0.15) is 0 Å². The van der Waals surface area contributed by atoms with Crippen molar-refractivity contribution in [2.75, 3.05) is 0 Å². The molecule has 0 fully saturated rings. The Morgan fingerprint density at radius 3 is 1.33 bits per heavy atom. The van der Waals surface area contributed by atoms with Gasteiger partial charge >= 0.3 is 152 Å². The topological polar surface area (TPSA) is 72.5 Å². The second-order valence-corrected chi connectivity index (χ2v) is 9.67. The fourth-order valence-corrected chi connectivity index (χ4v) is 7.18. The van der Waals surface area contributed by atoms with Crippen LogP contribution in [0, 0.1) is 0 Å². The number of hydrogen-bond acceptors (Lipinski definition) is 7. The molecule has 0 aromatic heterocycles. The van der Waals surface area contributed by atoms with E-state index < -0.39 is 13.3 Å². The van der Waals surface area contributed by atoms with E-state index in [1.54, 1.807) is 72.8 Å². The van der Waals surface area contributed by atoms with Crippen LogP contribution in [0.25, 0.3) is 0 Å². The summed E-state index contributed by atoms with van der Waals surface area (Å²) in [4.78, 5) is 12.9. The number of para-hydroxylation sites is 5. The van der Waals surface area contributed by atoms with Crippen LogP contribution in [-0.4, -0.2) is 5.97 Å². The average Bonchev–Trinajstić information content (AvgIpc) is 3.10. The monoisotopic (exact) mass is 383 g/mol. The number of carbonyl (C=O) groups excluding carboxylic acids is 1. The van der Waals surface area contributed by atoms with Crippen molar-refractivity contribution >= 4 is 13.3 Å². The maximum atomic E-state index is 12.9. The Labute approximate surface area is 153 Å². The van der Waals surface area contributed by atoms with Crippen molar-refractivity contribution in [3.05, 3.63) is 78.4 Å². The molecule has 1 spiro atoms. The van der Waals surface area contributed by atoms with E-state index >= 15 is 0 Å². The molecule has 8 heteroatoms. The van der Waals surface area contributed by atoms with Crippen LogP contribution >= 0.6 is 7.31 Å². The summed E-state index contributed by atoms with van der Waals surface area (Å²) in [5.41, 5.74) is 0.218. The predicted octanol–water partition coefficient (Wildman–Crippen LogP) is 4.76. The molecule has 0 N–H and O–H groups in total. The molecular formula is C19H12O7P-. The van der Waals surface area contributed by atoms with Crippen LogP contribution in [0.2, 0.25) is 0 Å². The Hall–Kier alpha value is -3.44. The Balaban J connectivity index is 1.65. The molecule has 7 nitrogen and oxygen atoms in total. The molecule has 0 radical (unpaired) electrons. The first-order valence-electron chi connectivity index (χ1n) is 8.26. The van der Waals surface area contributed by atoms with E-state index in [9.17, 15) is 4.79 Å². The van der Waals surface area contributed by atoms with Gasteiger partial charge in [0.2, 0.25) is 0 Å². The van der Waals surface area contributed by atoms with Crippen LogP contribution in [0.3, 0.4) is 0 Å². The van der Waals surface area contributed by atoms with E-state index in [1.165, 1.54) is 0 Å². The molecule has 3 heterocycles. The standard InChI is InChI=1S/C19H12O7P/c20-19-13-7-1-2-8-14(13)21-27(26-19,22-15-9-3-4-10-16(15)23-27)24-17-11-5-6-12-18(17)25-27/h1-12H/q-1. The number of rotatable bonds is 0. The Morgan fingerprint density at radius 2 is 0.852 bits per heavy atom. The minimum atomic E-state index is -5.98. The summed E-state index contributed by atoms with van der Waals surface area (Å²) in [7, 11) is -5.98. The van der Waals surface area contributed by atoms with Gasteiger partial charge < -0.3 is 0 Å². The van der Waals surface area contributed by atoms with Crippen molar-refractivity contribution in [1.29, 1.82) is 0 Å². The zero-order valence-corrected chi connectivity index (χ0v) is 14.6. The summed E-state index contributed by atoms with van der Waals surface area (Å²) in [6.45, 7) is 0. The summed E-state index contributed by atoms with van der Waals surface area (Å²) in [5.74, 6) is 0.597. The van der Waals surface area contributed by atoms with Crippen molar-refractivity contribution < 1.29 is 31.9 Å². The first kappa shape index (κ1) is 14.7. The van der Waals surface area contributed by atoms with Gasteiger partial charge in [0.15, 0.2) is 0 Å². The van der Waals surface area contributed by atoms with Gasteiger partial charge in [0, 0.05) is 0 Å². The van der Waals surface area contributed by atoms with Crippen molar-refractivity contribution in [2.45, 2.75) is 0 Å². The average molecular weight is 383 g/mol. The van der Waals surface area contributed by atoms with E-state index in [-0.39, 0.29) is 34.3 Å². The summed E-state index contributed by atoms with van der Waals surface area (Å²) in [5, 5.41) is 0. The summed E-state index contributed by atoms with van der Waals surface area (Å²) in [6.07, 6.45) is 0. The minimum absolute atomic E-state index is 0.185. The van der Waals surface area contributed by atoms with Gasteiger partial charge in [0.05, 0.1) is 0 Å². The number of carbonyl (C=O) groups is 1. The third-order valence-corrected chi connectivity index (χ3v) is 7.88. The molecule has 0 saturated heterocycles. The maximum absolute atomic E-state index is 12.9. The molecule has 0 amide bonds. The van der Waals surface area contributed by atoms with Crippen LogP contribution in [0.5, 0.6) is 28.7 Å². The molecule has 27 heavy (non-hydrogen) atoms. The van der Waals surface area contributed by atoms with E-state index in [1.807, 2.05) is 0 Å². The molecule has 3 aromatic rings. The quantitative estimate of drug-likeness (QED) is 0.518. The summed E-state index contributed by atoms with van der Waals surface area (Å²) in [6, 6.07) is 20.2. The van der Waals surface area contributed by atoms with Gasteiger partial charge in [-0.15, -0.1) is 0 Å².